The van der Waals surface area contributed by atoms with Crippen LogP contribution >= 0.6 is 0 Å². The molecular formula is C15H17N5O2. The van der Waals surface area contributed by atoms with E-state index in [1.165, 1.54) is 0 Å². The average molecular weight is 299 g/mol. The predicted octanol–water partition coefficient (Wildman–Crippen LogP) is 1.13. The third kappa shape index (κ3) is 3.04. The van der Waals surface area contributed by atoms with Gasteiger partial charge < -0.3 is 15.0 Å². The van der Waals surface area contributed by atoms with Crippen molar-refractivity contribution in [2.24, 2.45) is 0 Å². The van der Waals surface area contributed by atoms with Gasteiger partial charge in [-0.05, 0) is 24.3 Å². The van der Waals surface area contributed by atoms with E-state index in [0.29, 0.717) is 25.4 Å². The van der Waals surface area contributed by atoms with Crippen LogP contribution in [0.2, 0.25) is 0 Å². The quantitative estimate of drug-likeness (QED) is 0.915. The Kier molecular flexibility index (Phi) is 4.24. The minimum Gasteiger partial charge on any atom is -0.373 e. The SMILES string of the molecule is CNc1cccc([C@H]2CN(C(=O)c3cccnn3)CCO2)n1. The molecule has 3 rings (SSSR count). The van der Waals surface area contributed by atoms with Crippen LogP contribution in [0.1, 0.15) is 22.3 Å². The third-order valence-corrected chi connectivity index (χ3v) is 3.50. The van der Waals surface area contributed by atoms with Crippen LogP contribution in [-0.2, 0) is 4.74 Å². The Hall–Kier alpha value is -2.54. The lowest BCUT2D eigenvalue weighted by molar-refractivity contribution is -0.0248. The van der Waals surface area contributed by atoms with Crippen molar-refractivity contribution in [3.05, 3.63) is 47.9 Å². The van der Waals surface area contributed by atoms with E-state index in [4.69, 9.17) is 4.74 Å². The van der Waals surface area contributed by atoms with Gasteiger partial charge in [-0.3, -0.25) is 4.79 Å². The molecule has 3 heterocycles. The van der Waals surface area contributed by atoms with Gasteiger partial charge in [0.05, 0.1) is 18.8 Å². The molecule has 1 aliphatic heterocycles. The summed E-state index contributed by atoms with van der Waals surface area (Å²) < 4.78 is 5.76. The highest BCUT2D eigenvalue weighted by molar-refractivity contribution is 5.92. The fourth-order valence-corrected chi connectivity index (χ4v) is 2.36. The maximum absolute atomic E-state index is 12.4. The summed E-state index contributed by atoms with van der Waals surface area (Å²) in [7, 11) is 1.82. The Balaban J connectivity index is 1.75. The minimum atomic E-state index is -0.234. The second kappa shape index (κ2) is 6.48. The molecule has 2 aromatic rings. The van der Waals surface area contributed by atoms with Gasteiger partial charge in [0.1, 0.15) is 11.9 Å². The zero-order valence-electron chi connectivity index (χ0n) is 12.3. The number of carbonyl (C=O) groups excluding carboxylic acids is 1. The van der Waals surface area contributed by atoms with E-state index in [9.17, 15) is 4.79 Å². The molecule has 0 spiro atoms. The van der Waals surface area contributed by atoms with Gasteiger partial charge in [-0.15, -0.1) is 5.10 Å². The van der Waals surface area contributed by atoms with Crippen molar-refractivity contribution in [3.63, 3.8) is 0 Å². The molecule has 1 aliphatic rings. The smallest absolute Gasteiger partial charge is 0.274 e. The number of anilines is 1. The van der Waals surface area contributed by atoms with Crippen molar-refractivity contribution in [1.82, 2.24) is 20.1 Å². The number of aromatic nitrogens is 3. The van der Waals surface area contributed by atoms with Gasteiger partial charge in [-0.1, -0.05) is 6.07 Å². The number of morpholine rings is 1. The van der Waals surface area contributed by atoms with Crippen LogP contribution in [0, 0.1) is 0 Å². The number of nitrogens with one attached hydrogen (secondary N) is 1. The molecule has 22 heavy (non-hydrogen) atoms. The number of rotatable bonds is 3. The molecule has 0 aliphatic carbocycles. The summed E-state index contributed by atoms with van der Waals surface area (Å²) in [6.45, 7) is 1.47. The zero-order chi connectivity index (χ0) is 15.4. The normalized spacial score (nSPS) is 18.0. The molecule has 7 heteroatoms. The maximum atomic E-state index is 12.4. The Bertz CT molecular complexity index is 649. The highest BCUT2D eigenvalue weighted by atomic mass is 16.5. The first-order valence-corrected chi connectivity index (χ1v) is 7.11. The standard InChI is InChI=1S/C15H17N5O2/c1-16-14-6-2-4-11(18-14)13-10-20(8-9-22-13)15(21)12-5-3-7-17-19-12/h2-7,13H,8-10H2,1H3,(H,16,18)/t13-/m1/s1. The van der Waals surface area contributed by atoms with E-state index >= 15 is 0 Å². The van der Waals surface area contributed by atoms with E-state index < -0.39 is 0 Å². The van der Waals surface area contributed by atoms with E-state index in [1.807, 2.05) is 25.2 Å². The van der Waals surface area contributed by atoms with Crippen molar-refractivity contribution in [2.45, 2.75) is 6.10 Å². The van der Waals surface area contributed by atoms with Gasteiger partial charge in [0.2, 0.25) is 0 Å². The minimum absolute atomic E-state index is 0.133. The molecule has 2 aromatic heterocycles. The number of hydrogen-bond acceptors (Lipinski definition) is 6. The van der Waals surface area contributed by atoms with Crippen molar-refractivity contribution in [1.29, 1.82) is 0 Å². The molecule has 114 valence electrons. The van der Waals surface area contributed by atoms with Crippen LogP contribution in [0.4, 0.5) is 5.82 Å². The number of ether oxygens (including phenoxy) is 1. The van der Waals surface area contributed by atoms with Crippen molar-refractivity contribution < 1.29 is 9.53 Å². The van der Waals surface area contributed by atoms with Gasteiger partial charge in [0, 0.05) is 19.8 Å². The molecule has 0 bridgehead atoms. The summed E-state index contributed by atoms with van der Waals surface area (Å²) in [6, 6.07) is 9.08. The van der Waals surface area contributed by atoms with Crippen LogP contribution in [-0.4, -0.2) is 52.7 Å². The Morgan fingerprint density at radius 3 is 3.05 bits per heavy atom. The molecule has 0 saturated carbocycles. The average Bonchev–Trinajstić information content (AvgIpc) is 2.62. The lowest BCUT2D eigenvalue weighted by atomic mass is 10.1. The summed E-state index contributed by atoms with van der Waals surface area (Å²) in [4.78, 5) is 18.6. The largest absolute Gasteiger partial charge is 0.373 e. The number of amides is 1. The molecular weight excluding hydrogens is 282 g/mol. The number of pyridine rings is 1. The third-order valence-electron chi connectivity index (χ3n) is 3.50. The van der Waals surface area contributed by atoms with E-state index in [0.717, 1.165) is 11.5 Å². The fraction of sp³-hybridized carbons (Fsp3) is 0.333. The number of hydrogen-bond donors (Lipinski definition) is 1. The van der Waals surface area contributed by atoms with Crippen LogP contribution < -0.4 is 5.32 Å². The van der Waals surface area contributed by atoms with Crippen LogP contribution in [0.5, 0.6) is 0 Å². The van der Waals surface area contributed by atoms with Crippen LogP contribution in [0.15, 0.2) is 36.5 Å². The molecule has 1 amide bonds. The predicted molar refractivity (Wildman–Crippen MR) is 80.4 cm³/mol. The van der Waals surface area contributed by atoms with Crippen LogP contribution in [0.25, 0.3) is 0 Å². The lowest BCUT2D eigenvalue weighted by Gasteiger charge is -2.32. The second-order valence-electron chi connectivity index (χ2n) is 4.92. The first-order chi connectivity index (χ1) is 10.8. The van der Waals surface area contributed by atoms with E-state index in [2.05, 4.69) is 20.5 Å². The highest BCUT2D eigenvalue weighted by Gasteiger charge is 2.27. The monoisotopic (exact) mass is 299 g/mol. The summed E-state index contributed by atoms with van der Waals surface area (Å²) in [5, 5.41) is 10.6. The summed E-state index contributed by atoms with van der Waals surface area (Å²) in [5.74, 6) is 0.643. The molecule has 7 nitrogen and oxygen atoms in total. The molecule has 0 radical (unpaired) electrons. The maximum Gasteiger partial charge on any atom is 0.274 e. The summed E-state index contributed by atoms with van der Waals surface area (Å²) >= 11 is 0. The summed E-state index contributed by atoms with van der Waals surface area (Å²) in [6.07, 6.45) is 1.31. The molecule has 1 saturated heterocycles. The Labute approximate surface area is 128 Å². The van der Waals surface area contributed by atoms with Gasteiger partial charge in [0.15, 0.2) is 5.69 Å². The first-order valence-electron chi connectivity index (χ1n) is 7.11. The Morgan fingerprint density at radius 1 is 1.36 bits per heavy atom. The molecule has 0 aromatic carbocycles. The van der Waals surface area contributed by atoms with E-state index in [-0.39, 0.29) is 12.0 Å². The van der Waals surface area contributed by atoms with Gasteiger partial charge in [0.25, 0.3) is 5.91 Å². The van der Waals surface area contributed by atoms with Crippen molar-refractivity contribution in [3.8, 4) is 0 Å². The topological polar surface area (TPSA) is 80.2 Å². The van der Waals surface area contributed by atoms with Gasteiger partial charge in [-0.2, -0.15) is 5.10 Å². The molecule has 1 atom stereocenters. The fourth-order valence-electron chi connectivity index (χ4n) is 2.36. The van der Waals surface area contributed by atoms with E-state index in [1.54, 1.807) is 23.2 Å². The lowest BCUT2D eigenvalue weighted by Crippen LogP contribution is -2.42. The molecule has 1 N–H and O–H groups in total. The first kappa shape index (κ1) is 14.4. The Morgan fingerprint density at radius 2 is 2.27 bits per heavy atom. The molecule has 0 unspecified atom stereocenters. The van der Waals surface area contributed by atoms with Crippen molar-refractivity contribution in [2.75, 3.05) is 32.1 Å². The van der Waals surface area contributed by atoms with Gasteiger partial charge in [-0.25, -0.2) is 4.98 Å². The van der Waals surface area contributed by atoms with Crippen molar-refractivity contribution >= 4 is 11.7 Å². The zero-order valence-corrected chi connectivity index (χ0v) is 12.3. The highest BCUT2D eigenvalue weighted by Crippen LogP contribution is 2.22. The van der Waals surface area contributed by atoms with Gasteiger partial charge >= 0.3 is 0 Å². The number of nitrogens with zero attached hydrogens (tertiary/aromatic N) is 4. The number of carbonyl (C=O) groups is 1. The second-order valence-corrected chi connectivity index (χ2v) is 4.92. The molecule has 1 fully saturated rings. The van der Waals surface area contributed by atoms with Crippen LogP contribution in [0.3, 0.4) is 0 Å². The summed E-state index contributed by atoms with van der Waals surface area (Å²) in [5.41, 5.74) is 1.16.